The van der Waals surface area contributed by atoms with Gasteiger partial charge >= 0.3 is 65.2 Å². The second kappa shape index (κ2) is 15.0. The van der Waals surface area contributed by atoms with Gasteiger partial charge in [0.15, 0.2) is 0 Å². The van der Waals surface area contributed by atoms with Crippen LogP contribution < -0.4 is 91.0 Å². The fourth-order valence-electron chi connectivity index (χ4n) is 3.52. The number of amides is 2. The third kappa shape index (κ3) is 9.61. The number of thiophene rings is 1. The zero-order valence-corrected chi connectivity index (χ0v) is 27.7. The van der Waals surface area contributed by atoms with Gasteiger partial charge in [0, 0.05) is 18.7 Å². The molecule has 0 aromatic carbocycles. The zero-order valence-electron chi connectivity index (χ0n) is 22.9. The molecule has 0 saturated carbocycles. The number of aromatic nitrogens is 3. The number of rotatable bonds is 10. The topological polar surface area (TPSA) is 233 Å². The molecule has 0 bridgehead atoms. The number of anilines is 3. The van der Waals surface area contributed by atoms with Crippen LogP contribution in [0.1, 0.15) is 48.8 Å². The van der Waals surface area contributed by atoms with E-state index >= 15 is 0 Å². The molecule has 40 heavy (non-hydrogen) atoms. The third-order valence-corrected chi connectivity index (χ3v) is 6.29. The molecular formula is C23H27N7Na2O7S. The van der Waals surface area contributed by atoms with Crippen LogP contribution in [0.25, 0.3) is 11.0 Å². The number of carboxylic acids is 2. The maximum Gasteiger partial charge on any atom is 1.00 e. The summed E-state index contributed by atoms with van der Waals surface area (Å²) in [5.74, 6) is -3.65. The molecule has 0 aliphatic rings. The summed E-state index contributed by atoms with van der Waals surface area (Å²) in [7, 11) is 0. The van der Waals surface area contributed by atoms with E-state index < -0.39 is 48.4 Å². The van der Waals surface area contributed by atoms with Crippen molar-refractivity contribution in [3.05, 3.63) is 28.8 Å². The van der Waals surface area contributed by atoms with E-state index in [0.717, 1.165) is 16.9 Å². The second-order valence-corrected chi connectivity index (χ2v) is 10.3. The Morgan fingerprint density at radius 3 is 2.42 bits per heavy atom. The standard InChI is InChI=1S/C23H29N7O7S.2Na/c1-23(2,3)37-22(36)30(9-8-11-10-26-18-16(11)17(24)28-21(25)29-18)14-6-5-13(38-14)19(33)27-12(20(34)35)4-7-15(31)32;;/h5-6,10,12H,4,7-9H2,1-3H3,(H,27,33)(H,31,32)(H,34,35)(H5,24,25,26,28,29);;/q;2*+1/p-2/t12-;;/m1../s1. The molecule has 0 radical (unpaired) electrons. The number of fused-ring (bicyclic) bond motifs is 1. The van der Waals surface area contributed by atoms with E-state index in [0.29, 0.717) is 22.5 Å². The number of H-pyrrole nitrogens is 1. The van der Waals surface area contributed by atoms with Gasteiger partial charge in [0.05, 0.1) is 22.3 Å². The van der Waals surface area contributed by atoms with E-state index in [1.165, 1.54) is 17.0 Å². The largest absolute Gasteiger partial charge is 1.00 e. The van der Waals surface area contributed by atoms with Crippen LogP contribution >= 0.6 is 11.3 Å². The van der Waals surface area contributed by atoms with E-state index in [-0.39, 0.29) is 82.3 Å². The van der Waals surface area contributed by atoms with E-state index in [1.54, 1.807) is 27.0 Å². The Morgan fingerprint density at radius 2 is 1.82 bits per heavy atom. The summed E-state index contributed by atoms with van der Waals surface area (Å²) in [5, 5.41) is 25.1. The molecule has 3 rings (SSSR count). The van der Waals surface area contributed by atoms with E-state index in [1.807, 2.05) is 0 Å². The number of nitrogen functional groups attached to an aromatic ring is 2. The van der Waals surface area contributed by atoms with Crippen molar-refractivity contribution in [2.24, 2.45) is 0 Å². The molecule has 17 heteroatoms. The van der Waals surface area contributed by atoms with Crippen molar-refractivity contribution in [2.45, 2.75) is 51.7 Å². The molecular weight excluding hydrogens is 564 g/mol. The molecule has 14 nitrogen and oxygen atoms in total. The molecule has 0 fully saturated rings. The fraction of sp³-hybridized carbons (Fsp3) is 0.391. The molecule has 6 N–H and O–H groups in total. The van der Waals surface area contributed by atoms with Crippen molar-refractivity contribution in [2.75, 3.05) is 22.9 Å². The normalized spacial score (nSPS) is 11.6. The van der Waals surface area contributed by atoms with Crippen LogP contribution in [0.3, 0.4) is 0 Å². The predicted molar refractivity (Wildman–Crippen MR) is 135 cm³/mol. The number of nitrogens with one attached hydrogen (secondary N) is 2. The first-order valence-electron chi connectivity index (χ1n) is 11.5. The van der Waals surface area contributed by atoms with Crippen molar-refractivity contribution in [1.82, 2.24) is 20.3 Å². The number of carbonyl (C=O) groups excluding carboxylic acids is 4. The number of nitrogens with zero attached hydrogens (tertiary/aromatic N) is 3. The van der Waals surface area contributed by atoms with Gasteiger partial charge in [-0.15, -0.1) is 11.3 Å². The minimum absolute atomic E-state index is 0. The number of hydrogen-bond donors (Lipinski definition) is 4. The quantitative estimate of drug-likeness (QED) is 0.162. The van der Waals surface area contributed by atoms with Gasteiger partial charge in [0.2, 0.25) is 5.95 Å². The monoisotopic (exact) mass is 591 g/mol. The van der Waals surface area contributed by atoms with Gasteiger partial charge < -0.3 is 46.3 Å². The number of carbonyl (C=O) groups is 4. The Kier molecular flexibility index (Phi) is 13.4. The Bertz CT molecular complexity index is 1370. The van der Waals surface area contributed by atoms with Crippen molar-refractivity contribution in [3.8, 4) is 0 Å². The average Bonchev–Trinajstić information content (AvgIpc) is 3.43. The van der Waals surface area contributed by atoms with Crippen LogP contribution in [0, 0.1) is 0 Å². The summed E-state index contributed by atoms with van der Waals surface area (Å²) in [4.78, 5) is 60.2. The zero-order chi connectivity index (χ0) is 28.2. The van der Waals surface area contributed by atoms with Gasteiger partial charge in [0.25, 0.3) is 5.91 Å². The smallest absolute Gasteiger partial charge is 0.550 e. The number of carboxylic acid groups (broad SMARTS) is 2. The molecule has 3 heterocycles. The number of aromatic amines is 1. The van der Waals surface area contributed by atoms with Crippen molar-refractivity contribution in [3.63, 3.8) is 0 Å². The van der Waals surface area contributed by atoms with Crippen LogP contribution in [0.2, 0.25) is 0 Å². The maximum atomic E-state index is 13.1. The first-order chi connectivity index (χ1) is 17.7. The summed E-state index contributed by atoms with van der Waals surface area (Å²) in [6, 6.07) is 1.40. The number of ether oxygens (including phenoxy) is 1. The summed E-state index contributed by atoms with van der Waals surface area (Å²) in [6.45, 7) is 5.27. The van der Waals surface area contributed by atoms with E-state index in [4.69, 9.17) is 16.2 Å². The molecule has 0 aliphatic carbocycles. The van der Waals surface area contributed by atoms with E-state index in [9.17, 15) is 29.4 Å². The maximum absolute atomic E-state index is 13.1. The fourth-order valence-corrected chi connectivity index (χ4v) is 4.44. The van der Waals surface area contributed by atoms with Crippen molar-refractivity contribution in [1.29, 1.82) is 0 Å². The van der Waals surface area contributed by atoms with Gasteiger partial charge in [-0.1, -0.05) is 0 Å². The Balaban J connectivity index is 0.00000400. The molecule has 3 aromatic rings. The molecule has 0 spiro atoms. The van der Waals surface area contributed by atoms with Crippen LogP contribution in [0.15, 0.2) is 18.3 Å². The number of nitrogens with two attached hydrogens (primary N) is 2. The Morgan fingerprint density at radius 1 is 1.15 bits per heavy atom. The van der Waals surface area contributed by atoms with Gasteiger partial charge in [-0.25, -0.2) is 4.79 Å². The van der Waals surface area contributed by atoms with Crippen LogP contribution in [0.4, 0.5) is 21.6 Å². The summed E-state index contributed by atoms with van der Waals surface area (Å²) >= 11 is 0.925. The summed E-state index contributed by atoms with van der Waals surface area (Å²) < 4.78 is 5.54. The minimum Gasteiger partial charge on any atom is -0.550 e. The van der Waals surface area contributed by atoms with Crippen molar-refractivity contribution >= 4 is 63.1 Å². The third-order valence-electron chi connectivity index (χ3n) is 5.19. The molecule has 3 aromatic heterocycles. The van der Waals surface area contributed by atoms with Gasteiger partial charge in [-0.3, -0.25) is 9.69 Å². The van der Waals surface area contributed by atoms with Gasteiger partial charge in [-0.2, -0.15) is 9.97 Å². The second-order valence-electron chi connectivity index (χ2n) is 9.28. The van der Waals surface area contributed by atoms with Crippen molar-refractivity contribution < 1.29 is 93.2 Å². The molecule has 0 saturated heterocycles. The molecule has 1 atom stereocenters. The van der Waals surface area contributed by atoms with Crippen LogP contribution in [-0.4, -0.2) is 57.1 Å². The number of hydrogen-bond acceptors (Lipinski definition) is 12. The predicted octanol–water partition coefficient (Wildman–Crippen LogP) is -6.45. The summed E-state index contributed by atoms with van der Waals surface area (Å²) in [5.41, 5.74) is 12.0. The molecule has 2 amide bonds. The first-order valence-corrected chi connectivity index (χ1v) is 12.3. The molecule has 0 unspecified atom stereocenters. The Labute approximate surface area is 277 Å². The minimum atomic E-state index is -1.63. The van der Waals surface area contributed by atoms with Crippen LogP contribution in [-0.2, 0) is 20.7 Å². The van der Waals surface area contributed by atoms with Gasteiger partial charge in [-0.05, 0) is 57.7 Å². The average molecular weight is 592 g/mol. The molecule has 204 valence electrons. The Hall–Kier alpha value is -2.40. The molecule has 0 aliphatic heterocycles. The van der Waals surface area contributed by atoms with Gasteiger partial charge in [0.1, 0.15) is 22.1 Å². The summed E-state index contributed by atoms with van der Waals surface area (Å²) in [6.07, 6.45) is 0.356. The van der Waals surface area contributed by atoms with Crippen LogP contribution in [0.5, 0.6) is 0 Å². The first kappa shape index (κ1) is 35.6. The SMILES string of the molecule is CC(C)(C)OC(=O)N(CCc1c[nH]c2nc(N)nc(N)c12)c1ccc(C(=O)N[C@H](CCC(=O)[O-])C(=O)[O-])s1.[Na+].[Na+]. The number of aliphatic carboxylic acids is 2. The van der Waals surface area contributed by atoms with E-state index in [2.05, 4.69) is 20.3 Å².